The molecule has 0 atom stereocenters. The summed E-state index contributed by atoms with van der Waals surface area (Å²) in [6.45, 7) is 2.17. The zero-order valence-corrected chi connectivity index (χ0v) is 11.6. The highest BCUT2D eigenvalue weighted by atomic mass is 35.5. The Morgan fingerprint density at radius 1 is 1.53 bits per heavy atom. The first-order chi connectivity index (χ1) is 9.04. The van der Waals surface area contributed by atoms with Crippen molar-refractivity contribution in [3.63, 3.8) is 0 Å². The third-order valence-corrected chi connectivity index (χ3v) is 3.85. The van der Waals surface area contributed by atoms with Crippen LogP contribution in [0.2, 0.25) is 5.15 Å². The molecule has 2 rings (SSSR count). The normalized spacial score (nSPS) is 26.5. The molecule has 1 aliphatic carbocycles. The highest BCUT2D eigenvalue weighted by molar-refractivity contribution is 6.29. The van der Waals surface area contributed by atoms with E-state index in [0.29, 0.717) is 18.8 Å². The molecule has 0 bridgehead atoms. The number of carbonyl (C=O) groups is 1. The Bertz CT molecular complexity index is 516. The molecule has 0 spiro atoms. The Balaban J connectivity index is 2.11. The third-order valence-electron chi connectivity index (χ3n) is 3.64. The van der Waals surface area contributed by atoms with Gasteiger partial charge in [-0.1, -0.05) is 24.6 Å². The van der Waals surface area contributed by atoms with Gasteiger partial charge >= 0.3 is 0 Å². The summed E-state index contributed by atoms with van der Waals surface area (Å²) in [5.74, 6) is 0.279. The molecule has 0 aliphatic heterocycles. The van der Waals surface area contributed by atoms with Crippen LogP contribution in [0.1, 0.15) is 43.1 Å². The second kappa shape index (κ2) is 5.58. The average molecular weight is 278 g/mol. The van der Waals surface area contributed by atoms with Crippen LogP contribution in [-0.4, -0.2) is 16.4 Å². The number of hydrogen-bond acceptors (Lipinski definition) is 3. The summed E-state index contributed by atoms with van der Waals surface area (Å²) in [5.41, 5.74) is -0.506. The van der Waals surface area contributed by atoms with Crippen LogP contribution >= 0.6 is 11.6 Å². The van der Waals surface area contributed by atoms with E-state index in [9.17, 15) is 10.1 Å². The van der Waals surface area contributed by atoms with Gasteiger partial charge in [-0.15, -0.1) is 0 Å². The number of nitrogens with zero attached hydrogens (tertiary/aromatic N) is 2. The highest BCUT2D eigenvalue weighted by Gasteiger charge is 2.36. The first kappa shape index (κ1) is 13.8. The van der Waals surface area contributed by atoms with Crippen LogP contribution in [-0.2, 0) is 0 Å². The number of amides is 1. The lowest BCUT2D eigenvalue weighted by atomic mass is 9.78. The summed E-state index contributed by atoms with van der Waals surface area (Å²) in [5, 5.41) is 12.5. The number of rotatable bonds is 2. The maximum absolute atomic E-state index is 12.1. The van der Waals surface area contributed by atoms with Crippen LogP contribution in [0.3, 0.4) is 0 Å². The molecule has 100 valence electrons. The van der Waals surface area contributed by atoms with E-state index in [2.05, 4.69) is 23.3 Å². The van der Waals surface area contributed by atoms with Crippen LogP contribution in [0.25, 0.3) is 0 Å². The Morgan fingerprint density at radius 2 is 2.21 bits per heavy atom. The van der Waals surface area contributed by atoms with Crippen molar-refractivity contribution >= 4 is 17.5 Å². The molecule has 1 saturated carbocycles. The topological polar surface area (TPSA) is 65.8 Å². The maximum Gasteiger partial charge on any atom is 0.271 e. The molecule has 1 aliphatic rings. The fourth-order valence-corrected chi connectivity index (χ4v) is 2.50. The third kappa shape index (κ3) is 3.24. The standard InChI is InChI=1S/C14H16ClN3O/c1-10-5-7-14(9-16,8-6-10)18-13(19)11-3-2-4-12(15)17-11/h2-4,10H,5-8H2,1H3,(H,18,19). The quantitative estimate of drug-likeness (QED) is 0.845. The van der Waals surface area contributed by atoms with Crippen molar-refractivity contribution < 1.29 is 4.79 Å². The van der Waals surface area contributed by atoms with Crippen LogP contribution in [0, 0.1) is 17.2 Å². The van der Waals surface area contributed by atoms with Crippen LogP contribution in [0.15, 0.2) is 18.2 Å². The molecule has 1 heterocycles. The van der Waals surface area contributed by atoms with Gasteiger partial charge in [-0.2, -0.15) is 5.26 Å². The van der Waals surface area contributed by atoms with E-state index in [0.717, 1.165) is 12.8 Å². The van der Waals surface area contributed by atoms with Crippen LogP contribution in [0.5, 0.6) is 0 Å². The summed E-state index contributed by atoms with van der Waals surface area (Å²) >= 11 is 5.76. The van der Waals surface area contributed by atoms with Gasteiger partial charge in [0.2, 0.25) is 0 Å². The van der Waals surface area contributed by atoms with E-state index in [1.165, 1.54) is 0 Å². The van der Waals surface area contributed by atoms with Gasteiger partial charge in [0.1, 0.15) is 16.4 Å². The SMILES string of the molecule is CC1CCC(C#N)(NC(=O)c2cccc(Cl)n2)CC1. The van der Waals surface area contributed by atoms with Gasteiger partial charge in [0.25, 0.3) is 5.91 Å². The molecule has 0 aromatic carbocycles. The fraction of sp³-hybridized carbons (Fsp3) is 0.500. The molecular weight excluding hydrogens is 262 g/mol. The van der Waals surface area contributed by atoms with Crippen LogP contribution < -0.4 is 5.32 Å². The van der Waals surface area contributed by atoms with Gasteiger partial charge in [-0.3, -0.25) is 4.79 Å². The molecular formula is C14H16ClN3O. The monoisotopic (exact) mass is 277 g/mol. The van der Waals surface area contributed by atoms with Gasteiger partial charge in [-0.25, -0.2) is 4.98 Å². The van der Waals surface area contributed by atoms with Crippen molar-refractivity contribution in [1.82, 2.24) is 10.3 Å². The molecule has 0 unspecified atom stereocenters. The lowest BCUT2D eigenvalue weighted by Gasteiger charge is -2.34. The van der Waals surface area contributed by atoms with E-state index < -0.39 is 5.54 Å². The molecule has 19 heavy (non-hydrogen) atoms. The Kier molecular flexibility index (Phi) is 4.06. The van der Waals surface area contributed by atoms with Crippen molar-refractivity contribution in [3.8, 4) is 6.07 Å². The number of carbonyl (C=O) groups excluding carboxylic acids is 1. The molecule has 1 N–H and O–H groups in total. The van der Waals surface area contributed by atoms with Crippen LogP contribution in [0.4, 0.5) is 0 Å². The van der Waals surface area contributed by atoms with E-state index in [-0.39, 0.29) is 16.8 Å². The van der Waals surface area contributed by atoms with Crippen molar-refractivity contribution in [2.75, 3.05) is 0 Å². The zero-order valence-electron chi connectivity index (χ0n) is 10.8. The molecule has 0 saturated heterocycles. The summed E-state index contributed by atoms with van der Waals surface area (Å²) < 4.78 is 0. The molecule has 4 nitrogen and oxygen atoms in total. The highest BCUT2D eigenvalue weighted by Crippen LogP contribution is 2.31. The first-order valence-corrected chi connectivity index (χ1v) is 6.79. The molecule has 1 aromatic heterocycles. The summed E-state index contributed by atoms with van der Waals surface area (Å²) in [7, 11) is 0. The first-order valence-electron chi connectivity index (χ1n) is 6.41. The Morgan fingerprint density at radius 3 is 2.79 bits per heavy atom. The van der Waals surface area contributed by atoms with Gasteiger partial charge in [0, 0.05) is 0 Å². The minimum Gasteiger partial charge on any atom is -0.332 e. The largest absolute Gasteiger partial charge is 0.332 e. The van der Waals surface area contributed by atoms with Crippen molar-refractivity contribution in [1.29, 1.82) is 5.26 Å². The van der Waals surface area contributed by atoms with Crippen molar-refractivity contribution in [3.05, 3.63) is 29.0 Å². The number of nitrogens with one attached hydrogen (secondary N) is 1. The second-order valence-electron chi connectivity index (χ2n) is 5.18. The summed E-state index contributed by atoms with van der Waals surface area (Å²) in [4.78, 5) is 16.1. The van der Waals surface area contributed by atoms with Gasteiger partial charge < -0.3 is 5.32 Å². The molecule has 1 amide bonds. The van der Waals surface area contributed by atoms with Gasteiger partial charge in [-0.05, 0) is 43.7 Å². The van der Waals surface area contributed by atoms with E-state index in [1.54, 1.807) is 18.2 Å². The Hall–Kier alpha value is -1.60. The number of aromatic nitrogens is 1. The Labute approximate surface area is 117 Å². The average Bonchev–Trinajstić information content (AvgIpc) is 2.42. The lowest BCUT2D eigenvalue weighted by Crippen LogP contribution is -2.49. The van der Waals surface area contributed by atoms with E-state index in [1.807, 2.05) is 0 Å². The van der Waals surface area contributed by atoms with Crippen molar-refractivity contribution in [2.24, 2.45) is 5.92 Å². The zero-order chi connectivity index (χ0) is 13.9. The second-order valence-corrected chi connectivity index (χ2v) is 5.56. The lowest BCUT2D eigenvalue weighted by molar-refractivity contribution is 0.0889. The predicted molar refractivity (Wildman–Crippen MR) is 72.7 cm³/mol. The maximum atomic E-state index is 12.1. The van der Waals surface area contributed by atoms with E-state index in [4.69, 9.17) is 11.6 Å². The fourth-order valence-electron chi connectivity index (χ4n) is 2.34. The molecule has 1 fully saturated rings. The molecule has 5 heteroatoms. The number of nitriles is 1. The molecule has 0 radical (unpaired) electrons. The van der Waals surface area contributed by atoms with Crippen molar-refractivity contribution in [2.45, 2.75) is 38.1 Å². The van der Waals surface area contributed by atoms with E-state index >= 15 is 0 Å². The number of pyridine rings is 1. The minimum absolute atomic E-state index is 0.251. The number of hydrogen-bond donors (Lipinski definition) is 1. The minimum atomic E-state index is -0.756. The van der Waals surface area contributed by atoms with Gasteiger partial charge in [0.15, 0.2) is 0 Å². The molecule has 1 aromatic rings. The smallest absolute Gasteiger partial charge is 0.271 e. The summed E-state index contributed by atoms with van der Waals surface area (Å²) in [6.07, 6.45) is 3.29. The predicted octanol–water partition coefficient (Wildman–Crippen LogP) is 2.94. The summed E-state index contributed by atoms with van der Waals surface area (Å²) in [6, 6.07) is 7.14. The number of halogens is 1. The van der Waals surface area contributed by atoms with Gasteiger partial charge in [0.05, 0.1) is 6.07 Å².